The molecule has 0 saturated carbocycles. The number of pyridine rings is 1. The first kappa shape index (κ1) is 17.6. The number of carbonyl (C=O) groups excluding carboxylic acids is 1. The highest BCUT2D eigenvalue weighted by molar-refractivity contribution is 7.22. The van der Waals surface area contributed by atoms with Gasteiger partial charge in [-0.3, -0.25) is 14.7 Å². The Hall–Kier alpha value is -2.76. The fourth-order valence-corrected chi connectivity index (χ4v) is 4.08. The zero-order chi connectivity index (χ0) is 18.6. The molecule has 0 spiro atoms. The fourth-order valence-electron chi connectivity index (χ4n) is 2.80. The van der Waals surface area contributed by atoms with Crippen molar-refractivity contribution in [3.05, 3.63) is 89.2 Å². The van der Waals surface area contributed by atoms with Crippen molar-refractivity contribution in [1.29, 1.82) is 0 Å². The van der Waals surface area contributed by atoms with Crippen molar-refractivity contribution in [3.8, 4) is 0 Å². The number of halogens is 1. The summed E-state index contributed by atoms with van der Waals surface area (Å²) in [5.74, 6) is -0.0259. The molecule has 27 heavy (non-hydrogen) atoms. The van der Waals surface area contributed by atoms with Crippen LogP contribution in [0.5, 0.6) is 0 Å². The van der Waals surface area contributed by atoms with E-state index in [2.05, 4.69) is 9.97 Å². The van der Waals surface area contributed by atoms with Crippen LogP contribution in [-0.2, 0) is 17.8 Å². The SMILES string of the molecule is O=C(Cc1ccccc1)N(Cc1ccccn1)c1nc2c(Cl)cccc2s1. The number of nitrogens with zero attached hydrogens (tertiary/aromatic N) is 3. The summed E-state index contributed by atoms with van der Waals surface area (Å²) in [6.45, 7) is 0.365. The zero-order valence-corrected chi connectivity index (χ0v) is 16.0. The molecule has 2 heterocycles. The lowest BCUT2D eigenvalue weighted by molar-refractivity contribution is -0.118. The minimum Gasteiger partial charge on any atom is -0.282 e. The van der Waals surface area contributed by atoms with Crippen LogP contribution in [0, 0.1) is 0 Å². The highest BCUT2D eigenvalue weighted by Crippen LogP contribution is 2.33. The van der Waals surface area contributed by atoms with Gasteiger partial charge in [0.25, 0.3) is 0 Å². The molecule has 4 nitrogen and oxygen atoms in total. The molecule has 0 saturated heterocycles. The number of anilines is 1. The molecule has 1 amide bonds. The molecule has 2 aromatic carbocycles. The summed E-state index contributed by atoms with van der Waals surface area (Å²) in [6, 6.07) is 21.0. The van der Waals surface area contributed by atoms with E-state index >= 15 is 0 Å². The summed E-state index contributed by atoms with van der Waals surface area (Å²) >= 11 is 7.73. The van der Waals surface area contributed by atoms with Crippen LogP contribution in [0.15, 0.2) is 72.9 Å². The fraction of sp³-hybridized carbons (Fsp3) is 0.0952. The Bertz CT molecular complexity index is 1070. The van der Waals surface area contributed by atoms with Crippen molar-refractivity contribution >= 4 is 44.2 Å². The Morgan fingerprint density at radius 3 is 2.56 bits per heavy atom. The molecule has 0 atom stereocenters. The molecule has 4 aromatic rings. The van der Waals surface area contributed by atoms with Crippen LogP contribution in [0.4, 0.5) is 5.13 Å². The Labute approximate surface area is 166 Å². The summed E-state index contributed by atoms with van der Waals surface area (Å²) in [5.41, 5.74) is 2.50. The van der Waals surface area contributed by atoms with E-state index in [-0.39, 0.29) is 5.91 Å². The lowest BCUT2D eigenvalue weighted by atomic mass is 10.1. The van der Waals surface area contributed by atoms with Gasteiger partial charge in [0.15, 0.2) is 5.13 Å². The summed E-state index contributed by atoms with van der Waals surface area (Å²) in [5, 5.41) is 1.22. The molecule has 0 bridgehead atoms. The molecule has 0 fully saturated rings. The first-order valence-electron chi connectivity index (χ1n) is 8.50. The number of fused-ring (bicyclic) bond motifs is 1. The Balaban J connectivity index is 1.70. The molecular formula is C21H16ClN3OS. The Morgan fingerprint density at radius 2 is 1.81 bits per heavy atom. The van der Waals surface area contributed by atoms with E-state index in [1.54, 1.807) is 11.1 Å². The maximum atomic E-state index is 13.1. The highest BCUT2D eigenvalue weighted by Gasteiger charge is 2.21. The van der Waals surface area contributed by atoms with Gasteiger partial charge in [-0.2, -0.15) is 0 Å². The quantitative estimate of drug-likeness (QED) is 0.472. The maximum absolute atomic E-state index is 13.1. The first-order valence-corrected chi connectivity index (χ1v) is 9.69. The number of aromatic nitrogens is 2. The predicted molar refractivity (Wildman–Crippen MR) is 110 cm³/mol. The second-order valence-corrected chi connectivity index (χ2v) is 7.46. The van der Waals surface area contributed by atoms with Crippen molar-refractivity contribution in [3.63, 3.8) is 0 Å². The normalized spacial score (nSPS) is 10.9. The van der Waals surface area contributed by atoms with E-state index in [0.29, 0.717) is 23.1 Å². The van der Waals surface area contributed by atoms with Crippen LogP contribution in [-0.4, -0.2) is 15.9 Å². The number of benzene rings is 2. The molecule has 6 heteroatoms. The molecule has 0 aliphatic carbocycles. The van der Waals surface area contributed by atoms with Crippen LogP contribution in [0.3, 0.4) is 0 Å². The van der Waals surface area contributed by atoms with Gasteiger partial charge < -0.3 is 0 Å². The molecule has 0 radical (unpaired) electrons. The number of carbonyl (C=O) groups is 1. The third kappa shape index (κ3) is 3.99. The lowest BCUT2D eigenvalue weighted by Crippen LogP contribution is -2.32. The smallest absolute Gasteiger partial charge is 0.233 e. The standard InChI is InChI=1S/C21H16ClN3OS/c22-17-10-6-11-18-20(17)24-21(27-18)25(14-16-9-4-5-12-23-16)19(26)13-15-7-2-1-3-8-15/h1-12H,13-14H2. The second kappa shape index (κ2) is 7.86. The van der Waals surface area contributed by atoms with E-state index in [1.165, 1.54) is 11.3 Å². The van der Waals surface area contributed by atoms with Gasteiger partial charge in [0.1, 0.15) is 5.52 Å². The molecule has 0 aliphatic heterocycles. The number of hydrogen-bond acceptors (Lipinski definition) is 4. The minimum atomic E-state index is -0.0259. The third-order valence-electron chi connectivity index (χ3n) is 4.13. The number of hydrogen-bond donors (Lipinski definition) is 0. The molecule has 0 aliphatic rings. The van der Waals surface area contributed by atoms with E-state index in [9.17, 15) is 4.79 Å². The Kier molecular flexibility index (Phi) is 5.14. The van der Waals surface area contributed by atoms with Gasteiger partial charge in [0, 0.05) is 6.20 Å². The van der Waals surface area contributed by atoms with E-state index in [1.807, 2.05) is 66.7 Å². The number of rotatable bonds is 5. The van der Waals surface area contributed by atoms with Crippen LogP contribution in [0.25, 0.3) is 10.2 Å². The molecule has 0 N–H and O–H groups in total. The van der Waals surface area contributed by atoms with Gasteiger partial charge in [-0.05, 0) is 29.8 Å². The summed E-state index contributed by atoms with van der Waals surface area (Å²) in [4.78, 5) is 23.8. The van der Waals surface area contributed by atoms with Gasteiger partial charge in [0.05, 0.1) is 28.4 Å². The van der Waals surface area contributed by atoms with Crippen LogP contribution < -0.4 is 4.90 Å². The van der Waals surface area contributed by atoms with Crippen molar-refractivity contribution in [2.75, 3.05) is 4.90 Å². The van der Waals surface area contributed by atoms with Crippen LogP contribution >= 0.6 is 22.9 Å². The summed E-state index contributed by atoms with van der Waals surface area (Å²) < 4.78 is 0.955. The molecular weight excluding hydrogens is 378 g/mol. The average Bonchev–Trinajstić information content (AvgIpc) is 3.13. The summed E-state index contributed by atoms with van der Waals surface area (Å²) in [6.07, 6.45) is 2.03. The van der Waals surface area contributed by atoms with Crippen molar-refractivity contribution in [2.45, 2.75) is 13.0 Å². The summed E-state index contributed by atoms with van der Waals surface area (Å²) in [7, 11) is 0. The van der Waals surface area contributed by atoms with Gasteiger partial charge in [-0.25, -0.2) is 4.98 Å². The van der Waals surface area contributed by atoms with Crippen LogP contribution in [0.1, 0.15) is 11.3 Å². The average molecular weight is 394 g/mol. The van der Waals surface area contributed by atoms with Crippen LogP contribution in [0.2, 0.25) is 5.02 Å². The van der Waals surface area contributed by atoms with Crippen molar-refractivity contribution in [2.24, 2.45) is 0 Å². The van der Waals surface area contributed by atoms with Gasteiger partial charge >= 0.3 is 0 Å². The lowest BCUT2D eigenvalue weighted by Gasteiger charge is -2.19. The number of para-hydroxylation sites is 1. The van der Waals surface area contributed by atoms with Gasteiger partial charge in [0.2, 0.25) is 5.91 Å². The number of amides is 1. The maximum Gasteiger partial charge on any atom is 0.233 e. The molecule has 134 valence electrons. The largest absolute Gasteiger partial charge is 0.282 e. The first-order chi connectivity index (χ1) is 13.2. The van der Waals surface area contributed by atoms with E-state index in [4.69, 9.17) is 11.6 Å². The molecule has 0 unspecified atom stereocenters. The van der Waals surface area contributed by atoms with Gasteiger partial charge in [-0.1, -0.05) is 65.4 Å². The molecule has 2 aromatic heterocycles. The predicted octanol–water partition coefficient (Wildman–Crippen LogP) is 5.12. The Morgan fingerprint density at radius 1 is 1.00 bits per heavy atom. The third-order valence-corrected chi connectivity index (χ3v) is 5.48. The second-order valence-electron chi connectivity index (χ2n) is 6.05. The van der Waals surface area contributed by atoms with E-state index in [0.717, 1.165) is 21.5 Å². The van der Waals surface area contributed by atoms with Gasteiger partial charge in [-0.15, -0.1) is 0 Å². The number of thiazole rings is 1. The molecule has 4 rings (SSSR count). The van der Waals surface area contributed by atoms with E-state index < -0.39 is 0 Å². The van der Waals surface area contributed by atoms with Crippen molar-refractivity contribution < 1.29 is 4.79 Å². The topological polar surface area (TPSA) is 46.1 Å². The minimum absolute atomic E-state index is 0.0259. The highest BCUT2D eigenvalue weighted by atomic mass is 35.5. The monoisotopic (exact) mass is 393 g/mol. The zero-order valence-electron chi connectivity index (χ0n) is 14.4. The van der Waals surface area contributed by atoms with Crippen molar-refractivity contribution in [1.82, 2.24) is 9.97 Å².